The Morgan fingerprint density at radius 2 is 1.95 bits per heavy atom. The molecule has 1 saturated heterocycles. The van der Waals surface area contributed by atoms with Crippen molar-refractivity contribution in [3.63, 3.8) is 0 Å². The average Bonchev–Trinajstić information content (AvgIpc) is 3.36. The van der Waals surface area contributed by atoms with Crippen molar-refractivity contribution in [3.05, 3.63) is 18.1 Å². The third kappa shape index (κ3) is 8.73. The molecule has 22 heteroatoms. The maximum absolute atomic E-state index is 12.2. The fourth-order valence-corrected chi connectivity index (χ4v) is 7.21. The molecule has 2 aromatic rings. The number of phosphoric ester groups is 1. The van der Waals surface area contributed by atoms with Crippen LogP contribution < -0.4 is 11.5 Å². The van der Waals surface area contributed by atoms with Gasteiger partial charge in [-0.15, -0.1) is 0 Å². The Kier molecular flexibility index (Phi) is 10.8. The van der Waals surface area contributed by atoms with E-state index in [1.54, 1.807) is 10.8 Å². The van der Waals surface area contributed by atoms with E-state index in [2.05, 4.69) is 30.4 Å². The van der Waals surface area contributed by atoms with Crippen molar-refractivity contribution in [2.24, 2.45) is 5.73 Å². The Balaban J connectivity index is 1.82. The molecular weight excluding hydrogens is 611 g/mol. The van der Waals surface area contributed by atoms with Gasteiger partial charge in [-0.05, 0) is 6.26 Å². The number of ether oxygens (including phenoxy) is 2. The standard InChI is InChI=1S/C16H24N5O12P3S2/c1-37-38-9-29-11-5-13(21-6-10(3-2-4-17)14-15(18)19-8-20-16(14)21)31-12(11)7-30-35(25,26)33-36(27,28)32-34(22,23)24/h6,8,11-13H,4-5,7,9,17H2,1H3,(H,25,26)(H,27,28)(H2,18,19,20)(H2,22,23,24)/t11?,12-,13-/m1/s1. The number of fused-ring (bicyclic) bond motifs is 1. The molecule has 0 radical (unpaired) electrons. The lowest BCUT2D eigenvalue weighted by Gasteiger charge is -2.21. The first-order valence-corrected chi connectivity index (χ1v) is 17.5. The van der Waals surface area contributed by atoms with E-state index in [-0.39, 0.29) is 24.7 Å². The van der Waals surface area contributed by atoms with Gasteiger partial charge >= 0.3 is 23.5 Å². The highest BCUT2D eigenvalue weighted by Gasteiger charge is 2.43. The van der Waals surface area contributed by atoms with E-state index in [4.69, 9.17) is 35.3 Å². The molecule has 0 saturated carbocycles. The lowest BCUT2D eigenvalue weighted by atomic mass is 10.2. The number of nitrogens with two attached hydrogens (primary N) is 2. The predicted octanol–water partition coefficient (Wildman–Crippen LogP) is 1.31. The Bertz CT molecular complexity index is 1350. The molecule has 3 rings (SSSR count). The van der Waals surface area contributed by atoms with Gasteiger partial charge in [0, 0.05) is 12.6 Å². The first-order chi connectivity index (χ1) is 17.8. The zero-order valence-corrected chi connectivity index (χ0v) is 23.7. The molecule has 8 N–H and O–H groups in total. The van der Waals surface area contributed by atoms with Gasteiger partial charge in [0.2, 0.25) is 0 Å². The monoisotopic (exact) mass is 635 g/mol. The summed E-state index contributed by atoms with van der Waals surface area (Å²) in [5.41, 5.74) is 12.4. The minimum atomic E-state index is -5.66. The van der Waals surface area contributed by atoms with Crippen molar-refractivity contribution < 1.29 is 55.9 Å². The quantitative estimate of drug-likeness (QED) is 0.0631. The maximum Gasteiger partial charge on any atom is 0.490 e. The van der Waals surface area contributed by atoms with Gasteiger partial charge in [-0.2, -0.15) is 8.62 Å². The number of anilines is 1. The van der Waals surface area contributed by atoms with Crippen LogP contribution in [0.15, 0.2) is 12.5 Å². The van der Waals surface area contributed by atoms with E-state index in [1.807, 2.05) is 6.26 Å². The minimum Gasteiger partial charge on any atom is -0.383 e. The van der Waals surface area contributed by atoms with Crippen molar-refractivity contribution >= 4 is 61.9 Å². The second kappa shape index (κ2) is 13.1. The van der Waals surface area contributed by atoms with Crippen LogP contribution in [0.2, 0.25) is 0 Å². The van der Waals surface area contributed by atoms with Crippen molar-refractivity contribution in [2.75, 3.05) is 31.1 Å². The van der Waals surface area contributed by atoms with Crippen LogP contribution in [0.3, 0.4) is 0 Å². The molecular formula is C16H24N5O12P3S2. The van der Waals surface area contributed by atoms with Crippen LogP contribution in [0.5, 0.6) is 0 Å². The number of phosphoric acid groups is 3. The van der Waals surface area contributed by atoms with Gasteiger partial charge in [0.15, 0.2) is 0 Å². The molecule has 3 heterocycles. The summed E-state index contributed by atoms with van der Waals surface area (Å²) >= 11 is 0. The summed E-state index contributed by atoms with van der Waals surface area (Å²) in [6, 6.07) is 0. The molecule has 3 unspecified atom stereocenters. The van der Waals surface area contributed by atoms with E-state index >= 15 is 0 Å². The van der Waals surface area contributed by atoms with Gasteiger partial charge in [-0.3, -0.25) is 4.52 Å². The number of hydrogen-bond donors (Lipinski definition) is 6. The average molecular weight is 635 g/mol. The van der Waals surface area contributed by atoms with E-state index in [0.717, 1.165) is 0 Å². The molecule has 1 fully saturated rings. The zero-order chi connectivity index (χ0) is 28.1. The molecule has 0 aliphatic carbocycles. The summed E-state index contributed by atoms with van der Waals surface area (Å²) in [5.74, 6) is 6.05. The van der Waals surface area contributed by atoms with Gasteiger partial charge in [0.1, 0.15) is 36.1 Å². The third-order valence-electron chi connectivity index (χ3n) is 4.72. The molecule has 2 aromatic heterocycles. The molecule has 38 heavy (non-hydrogen) atoms. The summed E-state index contributed by atoms with van der Waals surface area (Å²) < 4.78 is 60.3. The SMILES string of the molecule is CSSCOC1C[C@H](n2cc(C#CCN)c3c(N)ncnc32)O[C@@H]1COP(=O)(O)OP(=O)(O)OP(=O)(O)O. The van der Waals surface area contributed by atoms with E-state index in [0.29, 0.717) is 16.6 Å². The third-order valence-corrected chi connectivity index (χ3v) is 9.99. The normalized spacial score (nSPS) is 23.1. The molecule has 0 spiro atoms. The van der Waals surface area contributed by atoms with Gasteiger partial charge < -0.3 is 45.1 Å². The van der Waals surface area contributed by atoms with E-state index in [1.165, 1.54) is 27.9 Å². The van der Waals surface area contributed by atoms with Crippen LogP contribution in [0.1, 0.15) is 18.2 Å². The highest BCUT2D eigenvalue weighted by atomic mass is 33.1. The lowest BCUT2D eigenvalue weighted by Crippen LogP contribution is -2.28. The largest absolute Gasteiger partial charge is 0.490 e. The smallest absolute Gasteiger partial charge is 0.383 e. The molecule has 1 aliphatic heterocycles. The number of hydrogen-bond acceptors (Lipinski definition) is 14. The molecule has 0 aromatic carbocycles. The topological polar surface area (TPSA) is 261 Å². The van der Waals surface area contributed by atoms with Crippen molar-refractivity contribution in [3.8, 4) is 11.8 Å². The first-order valence-electron chi connectivity index (χ1n) is 10.3. The lowest BCUT2D eigenvalue weighted by molar-refractivity contribution is -0.0520. The molecule has 5 atom stereocenters. The van der Waals surface area contributed by atoms with Gasteiger partial charge in [0.05, 0.1) is 30.2 Å². The van der Waals surface area contributed by atoms with Crippen LogP contribution in [0.25, 0.3) is 11.0 Å². The van der Waals surface area contributed by atoms with Crippen molar-refractivity contribution in [1.82, 2.24) is 14.5 Å². The summed E-state index contributed by atoms with van der Waals surface area (Å²) in [4.78, 5) is 44.8. The Morgan fingerprint density at radius 3 is 2.61 bits per heavy atom. The summed E-state index contributed by atoms with van der Waals surface area (Å²) in [5, 5.41) is 0.476. The highest BCUT2D eigenvalue weighted by Crippen LogP contribution is 2.66. The molecule has 17 nitrogen and oxygen atoms in total. The van der Waals surface area contributed by atoms with Gasteiger partial charge in [-0.1, -0.05) is 33.4 Å². The first kappa shape index (κ1) is 31.5. The van der Waals surface area contributed by atoms with Gasteiger partial charge in [0.25, 0.3) is 0 Å². The Labute approximate surface area is 223 Å². The fraction of sp³-hybridized carbons (Fsp3) is 0.500. The van der Waals surface area contributed by atoms with Crippen LogP contribution >= 0.6 is 45.1 Å². The van der Waals surface area contributed by atoms with Crippen molar-refractivity contribution in [2.45, 2.75) is 24.9 Å². The van der Waals surface area contributed by atoms with E-state index in [9.17, 15) is 23.5 Å². The summed E-state index contributed by atoms with van der Waals surface area (Å²) in [6.45, 7) is -0.573. The zero-order valence-electron chi connectivity index (χ0n) is 19.4. The number of nitrogen functional groups attached to an aromatic ring is 1. The van der Waals surface area contributed by atoms with Crippen LogP contribution in [-0.2, 0) is 36.3 Å². The fourth-order valence-electron chi connectivity index (χ4n) is 3.40. The summed E-state index contributed by atoms with van der Waals surface area (Å²) in [7, 11) is -13.7. The van der Waals surface area contributed by atoms with Crippen LogP contribution in [0, 0.1) is 11.8 Å². The predicted molar refractivity (Wildman–Crippen MR) is 137 cm³/mol. The van der Waals surface area contributed by atoms with E-state index < -0.39 is 48.5 Å². The number of aromatic nitrogens is 3. The molecule has 0 bridgehead atoms. The molecule has 1 aliphatic rings. The van der Waals surface area contributed by atoms with Gasteiger partial charge in [-0.25, -0.2) is 23.7 Å². The highest BCUT2D eigenvalue weighted by molar-refractivity contribution is 8.76. The molecule has 212 valence electrons. The van der Waals surface area contributed by atoms with Crippen LogP contribution in [0.4, 0.5) is 5.82 Å². The Hall–Kier alpha value is -1.03. The second-order valence-corrected chi connectivity index (χ2v) is 14.2. The molecule has 0 amide bonds. The van der Waals surface area contributed by atoms with Crippen molar-refractivity contribution in [1.29, 1.82) is 0 Å². The Morgan fingerprint density at radius 1 is 1.21 bits per heavy atom. The minimum absolute atomic E-state index is 0.103. The summed E-state index contributed by atoms with van der Waals surface area (Å²) in [6.07, 6.45) is 2.54. The second-order valence-electron chi connectivity index (χ2n) is 7.27. The van der Waals surface area contributed by atoms with Crippen LogP contribution in [-0.4, -0.2) is 71.7 Å². The maximum atomic E-state index is 12.2. The number of nitrogens with zero attached hydrogens (tertiary/aromatic N) is 3. The number of rotatable bonds is 12.